The summed E-state index contributed by atoms with van der Waals surface area (Å²) in [7, 11) is 0. The van der Waals surface area contributed by atoms with Crippen LogP contribution in [0.25, 0.3) is 11.0 Å². The van der Waals surface area contributed by atoms with Gasteiger partial charge in [0.05, 0.1) is 31.1 Å². The maximum absolute atomic E-state index is 13.2. The number of furan rings is 2. The van der Waals surface area contributed by atoms with E-state index in [2.05, 4.69) is 43.5 Å². The van der Waals surface area contributed by atoms with E-state index in [9.17, 15) is 9.59 Å². The molecule has 5 rings (SSSR count). The van der Waals surface area contributed by atoms with E-state index in [1.54, 1.807) is 18.6 Å². The van der Waals surface area contributed by atoms with Gasteiger partial charge >= 0.3 is 0 Å². The molecule has 4 aromatic rings. The van der Waals surface area contributed by atoms with Crippen LogP contribution in [0.2, 0.25) is 0 Å². The number of hydrogen-bond donors (Lipinski definition) is 2. The van der Waals surface area contributed by atoms with Crippen LogP contribution in [0.15, 0.2) is 51.7 Å². The molecule has 0 aliphatic heterocycles. The molecule has 2 N–H and O–H groups in total. The second kappa shape index (κ2) is 9.38. The van der Waals surface area contributed by atoms with Crippen molar-refractivity contribution in [1.82, 2.24) is 5.32 Å². The summed E-state index contributed by atoms with van der Waals surface area (Å²) in [5.74, 6) is 0.349. The Morgan fingerprint density at radius 2 is 1.91 bits per heavy atom. The van der Waals surface area contributed by atoms with E-state index in [4.69, 9.17) is 8.83 Å². The molecule has 1 aromatic carbocycles. The second-order valence-electron chi connectivity index (χ2n) is 10.1. The Morgan fingerprint density at radius 3 is 2.69 bits per heavy atom. The predicted molar refractivity (Wildman–Crippen MR) is 138 cm³/mol. The molecule has 1 aliphatic carbocycles. The maximum atomic E-state index is 13.2. The van der Waals surface area contributed by atoms with E-state index in [1.807, 2.05) is 12.1 Å². The lowest BCUT2D eigenvalue weighted by atomic mass is 9.86. The minimum absolute atomic E-state index is 0.00105. The molecule has 3 aromatic heterocycles. The van der Waals surface area contributed by atoms with Gasteiger partial charge in [0.25, 0.3) is 5.91 Å². The van der Waals surface area contributed by atoms with Crippen molar-refractivity contribution in [2.24, 2.45) is 0 Å². The Kier molecular flexibility index (Phi) is 6.28. The van der Waals surface area contributed by atoms with Crippen molar-refractivity contribution in [2.45, 2.75) is 64.8 Å². The number of aryl methyl sites for hydroxylation is 1. The largest absolute Gasteiger partial charge is 0.467 e. The molecular weight excluding hydrogens is 460 g/mol. The summed E-state index contributed by atoms with van der Waals surface area (Å²) < 4.78 is 11.1. The summed E-state index contributed by atoms with van der Waals surface area (Å²) in [5.41, 5.74) is 4.46. The average molecular weight is 491 g/mol. The molecule has 35 heavy (non-hydrogen) atoms. The topological polar surface area (TPSA) is 84.5 Å². The lowest BCUT2D eigenvalue weighted by molar-refractivity contribution is -0.115. The zero-order chi connectivity index (χ0) is 24.6. The Balaban J connectivity index is 1.37. The van der Waals surface area contributed by atoms with Crippen LogP contribution in [-0.4, -0.2) is 11.8 Å². The van der Waals surface area contributed by atoms with Gasteiger partial charge < -0.3 is 19.5 Å². The molecule has 0 spiro atoms. The summed E-state index contributed by atoms with van der Waals surface area (Å²) in [6.07, 6.45) is 7.37. The molecule has 182 valence electrons. The summed E-state index contributed by atoms with van der Waals surface area (Å²) in [6, 6.07) is 9.76. The van der Waals surface area contributed by atoms with Crippen LogP contribution in [-0.2, 0) is 36.0 Å². The monoisotopic (exact) mass is 490 g/mol. The van der Waals surface area contributed by atoms with E-state index in [1.165, 1.54) is 21.8 Å². The summed E-state index contributed by atoms with van der Waals surface area (Å²) in [5, 5.41) is 7.57. The number of nitrogens with one attached hydrogen (secondary N) is 2. The fraction of sp³-hybridized carbons (Fsp3) is 0.357. The molecular formula is C28H30N2O4S. The number of anilines is 1. The van der Waals surface area contributed by atoms with Crippen molar-refractivity contribution in [3.63, 3.8) is 0 Å². The Bertz CT molecular complexity index is 1370. The van der Waals surface area contributed by atoms with Gasteiger partial charge in [-0.1, -0.05) is 26.8 Å². The Morgan fingerprint density at radius 1 is 1.09 bits per heavy atom. The van der Waals surface area contributed by atoms with Crippen molar-refractivity contribution in [3.8, 4) is 0 Å². The third-order valence-electron chi connectivity index (χ3n) is 6.53. The van der Waals surface area contributed by atoms with Crippen molar-refractivity contribution >= 4 is 39.1 Å². The van der Waals surface area contributed by atoms with Gasteiger partial charge in [-0.15, -0.1) is 11.3 Å². The highest BCUT2D eigenvalue weighted by molar-refractivity contribution is 7.17. The quantitative estimate of drug-likeness (QED) is 0.329. The normalized spacial score (nSPS) is 13.6. The highest BCUT2D eigenvalue weighted by Crippen LogP contribution is 2.38. The lowest BCUT2D eigenvalue weighted by Gasteiger charge is -2.18. The van der Waals surface area contributed by atoms with Crippen LogP contribution >= 0.6 is 11.3 Å². The number of rotatable bonds is 6. The van der Waals surface area contributed by atoms with Gasteiger partial charge in [0, 0.05) is 15.8 Å². The number of hydrogen-bond acceptors (Lipinski definition) is 5. The Labute approximate surface area is 208 Å². The summed E-state index contributed by atoms with van der Waals surface area (Å²) in [4.78, 5) is 27.5. The number of carbonyl (C=O) groups excluding carboxylic acids is 2. The first-order chi connectivity index (χ1) is 16.8. The van der Waals surface area contributed by atoms with Crippen LogP contribution in [0, 0.1) is 0 Å². The van der Waals surface area contributed by atoms with Crippen LogP contribution in [0.4, 0.5) is 5.00 Å². The van der Waals surface area contributed by atoms with Gasteiger partial charge in [-0.2, -0.15) is 0 Å². The van der Waals surface area contributed by atoms with Gasteiger partial charge in [-0.05, 0) is 66.5 Å². The van der Waals surface area contributed by atoms with Crippen LogP contribution < -0.4 is 10.6 Å². The Hall–Kier alpha value is -3.32. The molecule has 0 bridgehead atoms. The van der Waals surface area contributed by atoms with E-state index in [0.29, 0.717) is 22.9 Å². The van der Waals surface area contributed by atoms with Gasteiger partial charge in [0.15, 0.2) is 0 Å². The molecule has 3 heterocycles. The standard InChI is InChI=1S/C28H30N2O4S/c1-28(2,3)18-10-11-22-21(14-18)17(16-34-22)13-24(31)30-27-25(20-8-4-5-9-23(20)35-27)26(32)29-15-19-7-6-12-33-19/h6-7,10-12,14,16H,4-5,8-9,13,15H2,1-3H3,(H,29,32)(H,30,31). The smallest absolute Gasteiger partial charge is 0.254 e. The van der Waals surface area contributed by atoms with E-state index in [0.717, 1.165) is 47.8 Å². The minimum Gasteiger partial charge on any atom is -0.467 e. The van der Waals surface area contributed by atoms with Crippen molar-refractivity contribution in [1.29, 1.82) is 0 Å². The first-order valence-electron chi connectivity index (χ1n) is 12.0. The number of thiophene rings is 1. The van der Waals surface area contributed by atoms with Gasteiger partial charge in [-0.25, -0.2) is 0 Å². The van der Waals surface area contributed by atoms with Crippen molar-refractivity contribution < 1.29 is 18.4 Å². The average Bonchev–Trinajstić information content (AvgIpc) is 3.55. The first kappa shape index (κ1) is 23.4. The molecule has 1 aliphatic rings. The third kappa shape index (κ3) is 4.91. The molecule has 7 heteroatoms. The van der Waals surface area contributed by atoms with Crippen LogP contribution in [0.3, 0.4) is 0 Å². The number of benzene rings is 1. The summed E-state index contributed by atoms with van der Waals surface area (Å²) >= 11 is 1.52. The molecule has 0 radical (unpaired) electrons. The predicted octanol–water partition coefficient (Wildman–Crippen LogP) is 6.37. The van der Waals surface area contributed by atoms with E-state index in [-0.39, 0.29) is 23.7 Å². The van der Waals surface area contributed by atoms with Gasteiger partial charge in [-0.3, -0.25) is 9.59 Å². The summed E-state index contributed by atoms with van der Waals surface area (Å²) in [6.45, 7) is 6.80. The molecule has 6 nitrogen and oxygen atoms in total. The molecule has 0 saturated carbocycles. The highest BCUT2D eigenvalue weighted by atomic mass is 32.1. The first-order valence-corrected chi connectivity index (χ1v) is 12.9. The minimum atomic E-state index is -0.181. The SMILES string of the molecule is CC(C)(C)c1ccc2occ(CC(=O)Nc3sc4c(c3C(=O)NCc3ccco3)CCCC4)c2c1. The molecule has 2 amide bonds. The molecule has 0 fully saturated rings. The second-order valence-corrected chi connectivity index (χ2v) is 11.2. The third-order valence-corrected chi connectivity index (χ3v) is 7.73. The lowest BCUT2D eigenvalue weighted by Crippen LogP contribution is -2.25. The maximum Gasteiger partial charge on any atom is 0.254 e. The number of amides is 2. The van der Waals surface area contributed by atoms with Crippen molar-refractivity contribution in [2.75, 3.05) is 5.32 Å². The van der Waals surface area contributed by atoms with E-state index >= 15 is 0 Å². The highest BCUT2D eigenvalue weighted by Gasteiger charge is 2.27. The molecule has 0 saturated heterocycles. The van der Waals surface area contributed by atoms with Crippen molar-refractivity contribution in [3.05, 3.63) is 75.7 Å². The van der Waals surface area contributed by atoms with Gasteiger partial charge in [0.1, 0.15) is 16.3 Å². The zero-order valence-corrected chi connectivity index (χ0v) is 21.1. The fourth-order valence-corrected chi connectivity index (χ4v) is 5.90. The number of fused-ring (bicyclic) bond motifs is 2. The van der Waals surface area contributed by atoms with Crippen LogP contribution in [0.5, 0.6) is 0 Å². The zero-order valence-electron chi connectivity index (χ0n) is 20.3. The van der Waals surface area contributed by atoms with Gasteiger partial charge in [0.2, 0.25) is 5.91 Å². The van der Waals surface area contributed by atoms with Crippen LogP contribution in [0.1, 0.15) is 71.3 Å². The molecule has 0 unspecified atom stereocenters. The number of carbonyl (C=O) groups is 2. The van der Waals surface area contributed by atoms with E-state index < -0.39 is 0 Å². The molecule has 0 atom stereocenters. The fourth-order valence-electron chi connectivity index (χ4n) is 4.59.